The molecular formula is C18H22N2O4S. The van der Waals surface area contributed by atoms with Crippen LogP contribution >= 0.6 is 0 Å². The Bertz CT molecular complexity index is 834. The Kier molecular flexibility index (Phi) is 6.41. The van der Waals surface area contributed by atoms with Gasteiger partial charge in [0, 0.05) is 18.2 Å². The van der Waals surface area contributed by atoms with E-state index in [1.165, 1.54) is 19.2 Å². The number of carbonyl (C=O) groups is 1. The first-order chi connectivity index (χ1) is 12.0. The van der Waals surface area contributed by atoms with Gasteiger partial charge in [0.1, 0.15) is 5.75 Å². The number of hydrogen-bond donors (Lipinski definition) is 2. The van der Waals surface area contributed by atoms with Crippen molar-refractivity contribution in [3.63, 3.8) is 0 Å². The zero-order valence-electron chi connectivity index (χ0n) is 14.3. The van der Waals surface area contributed by atoms with E-state index in [-0.39, 0.29) is 10.8 Å². The highest BCUT2D eigenvalue weighted by atomic mass is 32.2. The van der Waals surface area contributed by atoms with Crippen molar-refractivity contribution in [1.29, 1.82) is 0 Å². The SMILES string of the molecule is CCCCNC(=O)c1cccc(S(=O)(=O)Nc2cccc(OC)c2)c1. The maximum absolute atomic E-state index is 12.6. The minimum Gasteiger partial charge on any atom is -0.497 e. The molecule has 0 fully saturated rings. The van der Waals surface area contributed by atoms with E-state index in [0.29, 0.717) is 23.5 Å². The van der Waals surface area contributed by atoms with Gasteiger partial charge in [-0.25, -0.2) is 8.42 Å². The van der Waals surface area contributed by atoms with Crippen molar-refractivity contribution in [3.05, 3.63) is 54.1 Å². The minimum atomic E-state index is -3.81. The standard InChI is InChI=1S/C18H22N2O4S/c1-3-4-11-19-18(21)14-7-5-10-17(12-14)25(22,23)20-15-8-6-9-16(13-15)24-2/h5-10,12-13,20H,3-4,11H2,1-2H3,(H,19,21). The number of amides is 1. The number of ether oxygens (including phenoxy) is 1. The van der Waals surface area contributed by atoms with Crippen LogP contribution in [0.15, 0.2) is 53.4 Å². The van der Waals surface area contributed by atoms with Gasteiger partial charge >= 0.3 is 0 Å². The molecule has 7 heteroatoms. The van der Waals surface area contributed by atoms with Gasteiger partial charge in [-0.05, 0) is 36.8 Å². The highest BCUT2D eigenvalue weighted by Gasteiger charge is 2.16. The summed E-state index contributed by atoms with van der Waals surface area (Å²) in [5, 5.41) is 2.77. The molecule has 25 heavy (non-hydrogen) atoms. The molecular weight excluding hydrogens is 340 g/mol. The van der Waals surface area contributed by atoms with Gasteiger partial charge in [0.25, 0.3) is 15.9 Å². The highest BCUT2D eigenvalue weighted by Crippen LogP contribution is 2.21. The van der Waals surface area contributed by atoms with Gasteiger partial charge in [-0.15, -0.1) is 0 Å². The van der Waals surface area contributed by atoms with Crippen LogP contribution in [0.5, 0.6) is 5.75 Å². The summed E-state index contributed by atoms with van der Waals surface area (Å²) in [5.41, 5.74) is 0.696. The van der Waals surface area contributed by atoms with Crippen LogP contribution in [0.25, 0.3) is 0 Å². The van der Waals surface area contributed by atoms with Crippen molar-refractivity contribution >= 4 is 21.6 Å². The zero-order valence-corrected chi connectivity index (χ0v) is 15.1. The van der Waals surface area contributed by atoms with Crippen molar-refractivity contribution in [2.75, 3.05) is 18.4 Å². The number of benzene rings is 2. The predicted molar refractivity (Wildman–Crippen MR) is 97.5 cm³/mol. The molecule has 2 aromatic carbocycles. The smallest absolute Gasteiger partial charge is 0.261 e. The van der Waals surface area contributed by atoms with Gasteiger partial charge < -0.3 is 10.1 Å². The third-order valence-electron chi connectivity index (χ3n) is 3.54. The van der Waals surface area contributed by atoms with Crippen LogP contribution in [0.3, 0.4) is 0 Å². The number of hydrogen-bond acceptors (Lipinski definition) is 4. The maximum Gasteiger partial charge on any atom is 0.261 e. The van der Waals surface area contributed by atoms with Crippen molar-refractivity contribution in [3.8, 4) is 5.75 Å². The lowest BCUT2D eigenvalue weighted by atomic mass is 10.2. The molecule has 0 heterocycles. The Hall–Kier alpha value is -2.54. The molecule has 2 rings (SSSR count). The average Bonchev–Trinajstić information content (AvgIpc) is 2.61. The van der Waals surface area contributed by atoms with Crippen LogP contribution in [-0.2, 0) is 10.0 Å². The fourth-order valence-corrected chi connectivity index (χ4v) is 3.28. The van der Waals surface area contributed by atoms with Crippen molar-refractivity contribution in [2.45, 2.75) is 24.7 Å². The van der Waals surface area contributed by atoms with Gasteiger partial charge in [-0.2, -0.15) is 0 Å². The first-order valence-electron chi connectivity index (χ1n) is 8.01. The fraction of sp³-hybridized carbons (Fsp3) is 0.278. The second-order valence-electron chi connectivity index (χ2n) is 5.47. The van der Waals surface area contributed by atoms with Gasteiger partial charge in [0.15, 0.2) is 0 Å². The summed E-state index contributed by atoms with van der Waals surface area (Å²) in [5.74, 6) is 0.260. The number of carbonyl (C=O) groups excluding carboxylic acids is 1. The van der Waals surface area contributed by atoms with Crippen molar-refractivity contribution < 1.29 is 17.9 Å². The third kappa shape index (κ3) is 5.22. The number of anilines is 1. The normalized spacial score (nSPS) is 11.0. The second kappa shape index (κ2) is 8.53. The Morgan fingerprint density at radius 3 is 2.60 bits per heavy atom. The Balaban J connectivity index is 2.18. The quantitative estimate of drug-likeness (QED) is 0.707. The number of rotatable bonds is 8. The molecule has 134 valence electrons. The van der Waals surface area contributed by atoms with Crippen LogP contribution in [0, 0.1) is 0 Å². The molecule has 6 nitrogen and oxygen atoms in total. The predicted octanol–water partition coefficient (Wildman–Crippen LogP) is 3.03. The first kappa shape index (κ1) is 18.8. The summed E-state index contributed by atoms with van der Waals surface area (Å²) >= 11 is 0. The largest absolute Gasteiger partial charge is 0.497 e. The number of nitrogens with one attached hydrogen (secondary N) is 2. The van der Waals surface area contributed by atoms with Gasteiger partial charge in [0.05, 0.1) is 17.7 Å². The summed E-state index contributed by atoms with van der Waals surface area (Å²) in [6, 6.07) is 12.6. The van der Waals surface area contributed by atoms with Crippen molar-refractivity contribution in [2.24, 2.45) is 0 Å². The molecule has 0 aliphatic heterocycles. The Morgan fingerprint density at radius 1 is 1.12 bits per heavy atom. The Morgan fingerprint density at radius 2 is 1.88 bits per heavy atom. The minimum absolute atomic E-state index is 0.0264. The number of unbranched alkanes of at least 4 members (excludes halogenated alkanes) is 1. The average molecular weight is 362 g/mol. The summed E-state index contributed by atoms with van der Waals surface area (Å²) in [6.45, 7) is 2.60. The van der Waals surface area contributed by atoms with E-state index in [1.807, 2.05) is 6.92 Å². The Labute approximate surface area is 148 Å². The topological polar surface area (TPSA) is 84.5 Å². The molecule has 0 unspecified atom stereocenters. The maximum atomic E-state index is 12.6. The molecule has 0 aliphatic carbocycles. The number of methoxy groups -OCH3 is 1. The van der Waals surface area contributed by atoms with Gasteiger partial charge in [-0.1, -0.05) is 25.5 Å². The molecule has 0 aromatic heterocycles. The molecule has 0 saturated heterocycles. The van der Waals surface area contributed by atoms with E-state index in [0.717, 1.165) is 12.8 Å². The van der Waals surface area contributed by atoms with E-state index >= 15 is 0 Å². The van der Waals surface area contributed by atoms with Crippen LogP contribution in [0.1, 0.15) is 30.1 Å². The molecule has 0 radical (unpaired) electrons. The lowest BCUT2D eigenvalue weighted by Gasteiger charge is -2.10. The van der Waals surface area contributed by atoms with Crippen molar-refractivity contribution in [1.82, 2.24) is 5.32 Å². The molecule has 2 aromatic rings. The van der Waals surface area contributed by atoms with Crippen LogP contribution in [0.4, 0.5) is 5.69 Å². The van der Waals surface area contributed by atoms with Gasteiger partial charge in [-0.3, -0.25) is 9.52 Å². The van der Waals surface area contributed by atoms with E-state index in [9.17, 15) is 13.2 Å². The monoisotopic (exact) mass is 362 g/mol. The highest BCUT2D eigenvalue weighted by molar-refractivity contribution is 7.92. The van der Waals surface area contributed by atoms with E-state index in [1.54, 1.807) is 36.4 Å². The van der Waals surface area contributed by atoms with Crippen LogP contribution < -0.4 is 14.8 Å². The summed E-state index contributed by atoms with van der Waals surface area (Å²) < 4.78 is 32.7. The van der Waals surface area contributed by atoms with Crippen LogP contribution in [0.2, 0.25) is 0 Å². The molecule has 1 amide bonds. The third-order valence-corrected chi connectivity index (χ3v) is 4.92. The lowest BCUT2D eigenvalue weighted by Crippen LogP contribution is -2.24. The fourth-order valence-electron chi connectivity index (χ4n) is 2.19. The zero-order chi connectivity index (χ0) is 18.3. The van der Waals surface area contributed by atoms with Crippen LogP contribution in [-0.4, -0.2) is 28.0 Å². The summed E-state index contributed by atoms with van der Waals surface area (Å²) in [6.07, 6.45) is 1.85. The molecule has 0 bridgehead atoms. The van der Waals surface area contributed by atoms with E-state index in [4.69, 9.17) is 4.74 Å². The second-order valence-corrected chi connectivity index (χ2v) is 7.16. The van der Waals surface area contributed by atoms with E-state index in [2.05, 4.69) is 10.0 Å². The van der Waals surface area contributed by atoms with Gasteiger partial charge in [0.2, 0.25) is 0 Å². The molecule has 0 atom stereocenters. The molecule has 0 aliphatic rings. The number of sulfonamides is 1. The molecule has 0 saturated carbocycles. The molecule has 2 N–H and O–H groups in total. The lowest BCUT2D eigenvalue weighted by molar-refractivity contribution is 0.0953. The van der Waals surface area contributed by atoms with E-state index < -0.39 is 10.0 Å². The summed E-state index contributed by atoms with van der Waals surface area (Å²) in [7, 11) is -2.30. The molecule has 0 spiro atoms. The first-order valence-corrected chi connectivity index (χ1v) is 9.49. The summed E-state index contributed by atoms with van der Waals surface area (Å²) in [4.78, 5) is 12.1.